The van der Waals surface area contributed by atoms with Gasteiger partial charge in [0.15, 0.2) is 0 Å². The Hall–Kier alpha value is -2.38. The summed E-state index contributed by atoms with van der Waals surface area (Å²) in [5.41, 5.74) is 1.27. The van der Waals surface area contributed by atoms with Crippen LogP contribution in [0.5, 0.6) is 5.75 Å². The fourth-order valence-electron chi connectivity index (χ4n) is 2.47. The summed E-state index contributed by atoms with van der Waals surface area (Å²) in [7, 11) is -2.08. The number of hydrogen-bond donors (Lipinski definition) is 2. The van der Waals surface area contributed by atoms with E-state index in [1.165, 1.54) is 24.3 Å². The SMILES string of the molecule is CCCCCNC(=O)c1ccc(S(=O)(=O)NCc2ccc(OC)cc2)cc1. The van der Waals surface area contributed by atoms with Crippen LogP contribution in [0.3, 0.4) is 0 Å². The predicted octanol–water partition coefficient (Wildman–Crippen LogP) is 3.09. The first-order valence-corrected chi connectivity index (χ1v) is 10.5. The molecule has 0 aliphatic carbocycles. The van der Waals surface area contributed by atoms with Gasteiger partial charge in [-0.2, -0.15) is 0 Å². The first-order chi connectivity index (χ1) is 13.0. The van der Waals surface area contributed by atoms with Gasteiger partial charge in [0.05, 0.1) is 12.0 Å². The maximum Gasteiger partial charge on any atom is 0.251 e. The fourth-order valence-corrected chi connectivity index (χ4v) is 3.49. The van der Waals surface area contributed by atoms with E-state index < -0.39 is 10.0 Å². The summed E-state index contributed by atoms with van der Waals surface area (Å²) < 4.78 is 32.5. The van der Waals surface area contributed by atoms with E-state index in [1.807, 2.05) is 0 Å². The number of carbonyl (C=O) groups excluding carboxylic acids is 1. The Morgan fingerprint density at radius 1 is 1.00 bits per heavy atom. The number of unbranched alkanes of at least 4 members (excludes halogenated alkanes) is 2. The van der Waals surface area contributed by atoms with E-state index in [-0.39, 0.29) is 17.3 Å². The topological polar surface area (TPSA) is 84.5 Å². The van der Waals surface area contributed by atoms with Gasteiger partial charge in [-0.05, 0) is 48.4 Å². The predicted molar refractivity (Wildman–Crippen MR) is 105 cm³/mol. The minimum Gasteiger partial charge on any atom is -0.497 e. The molecular formula is C20H26N2O4S. The second kappa shape index (κ2) is 10.1. The number of methoxy groups -OCH3 is 1. The van der Waals surface area contributed by atoms with Gasteiger partial charge in [0, 0.05) is 18.7 Å². The molecule has 7 heteroatoms. The van der Waals surface area contributed by atoms with E-state index in [2.05, 4.69) is 17.0 Å². The Bertz CT molecular complexity index is 831. The van der Waals surface area contributed by atoms with E-state index in [1.54, 1.807) is 31.4 Å². The maximum atomic E-state index is 12.4. The van der Waals surface area contributed by atoms with Crippen molar-refractivity contribution in [1.82, 2.24) is 10.0 Å². The van der Waals surface area contributed by atoms with Crippen LogP contribution in [-0.2, 0) is 16.6 Å². The highest BCUT2D eigenvalue weighted by Crippen LogP contribution is 2.14. The molecule has 0 unspecified atom stereocenters. The van der Waals surface area contributed by atoms with Gasteiger partial charge in [-0.15, -0.1) is 0 Å². The van der Waals surface area contributed by atoms with Gasteiger partial charge in [-0.25, -0.2) is 13.1 Å². The number of amides is 1. The Labute approximate surface area is 161 Å². The molecule has 0 spiro atoms. The van der Waals surface area contributed by atoms with Gasteiger partial charge in [0.25, 0.3) is 5.91 Å². The zero-order valence-corrected chi connectivity index (χ0v) is 16.5. The summed E-state index contributed by atoms with van der Waals surface area (Å²) >= 11 is 0. The molecule has 27 heavy (non-hydrogen) atoms. The van der Waals surface area contributed by atoms with Crippen LogP contribution in [0, 0.1) is 0 Å². The molecule has 0 saturated carbocycles. The molecule has 0 atom stereocenters. The van der Waals surface area contributed by atoms with Crippen molar-refractivity contribution in [2.24, 2.45) is 0 Å². The van der Waals surface area contributed by atoms with E-state index in [4.69, 9.17) is 4.74 Å². The van der Waals surface area contributed by atoms with Crippen molar-refractivity contribution in [2.45, 2.75) is 37.6 Å². The summed E-state index contributed by atoms with van der Waals surface area (Å²) in [6, 6.07) is 13.1. The lowest BCUT2D eigenvalue weighted by Crippen LogP contribution is -2.25. The van der Waals surface area contributed by atoms with E-state index >= 15 is 0 Å². The molecule has 1 amide bonds. The molecular weight excluding hydrogens is 364 g/mol. The summed E-state index contributed by atoms with van der Waals surface area (Å²) in [6.07, 6.45) is 3.09. The Kier molecular flexibility index (Phi) is 7.82. The van der Waals surface area contributed by atoms with Crippen LogP contribution in [0.4, 0.5) is 0 Å². The molecule has 0 aliphatic rings. The average molecular weight is 391 g/mol. The van der Waals surface area contributed by atoms with E-state index in [0.717, 1.165) is 24.8 Å². The fraction of sp³-hybridized carbons (Fsp3) is 0.350. The zero-order chi connectivity index (χ0) is 19.7. The molecule has 0 saturated heterocycles. The molecule has 6 nitrogen and oxygen atoms in total. The molecule has 0 fully saturated rings. The number of hydrogen-bond acceptors (Lipinski definition) is 4. The molecule has 2 rings (SSSR count). The van der Waals surface area contributed by atoms with Crippen molar-refractivity contribution in [3.05, 3.63) is 59.7 Å². The second-order valence-corrected chi connectivity index (χ2v) is 7.93. The number of carbonyl (C=O) groups is 1. The number of ether oxygens (including phenoxy) is 1. The summed E-state index contributed by atoms with van der Waals surface area (Å²) in [6.45, 7) is 2.89. The smallest absolute Gasteiger partial charge is 0.251 e. The molecule has 2 aromatic rings. The second-order valence-electron chi connectivity index (χ2n) is 6.16. The maximum absolute atomic E-state index is 12.4. The van der Waals surface area contributed by atoms with Crippen molar-refractivity contribution < 1.29 is 17.9 Å². The quantitative estimate of drug-likeness (QED) is 0.611. The highest BCUT2D eigenvalue weighted by Gasteiger charge is 2.14. The molecule has 146 valence electrons. The molecule has 0 aliphatic heterocycles. The lowest BCUT2D eigenvalue weighted by Gasteiger charge is -2.09. The van der Waals surface area contributed by atoms with Crippen LogP contribution in [0.1, 0.15) is 42.1 Å². The van der Waals surface area contributed by atoms with Crippen LogP contribution in [0.2, 0.25) is 0 Å². The normalized spacial score (nSPS) is 11.2. The molecule has 0 heterocycles. The Balaban J connectivity index is 1.94. The minimum atomic E-state index is -3.65. The molecule has 0 radical (unpaired) electrons. The first-order valence-electron chi connectivity index (χ1n) is 8.97. The third-order valence-electron chi connectivity index (χ3n) is 4.12. The standard InChI is InChI=1S/C20H26N2O4S/c1-3-4-5-14-21-20(23)17-8-12-19(13-9-17)27(24,25)22-15-16-6-10-18(26-2)11-7-16/h6-13,22H,3-5,14-15H2,1-2H3,(H,21,23). The van der Waals surface area contributed by atoms with Crippen LogP contribution in [0.15, 0.2) is 53.4 Å². The number of rotatable bonds is 10. The van der Waals surface area contributed by atoms with E-state index in [9.17, 15) is 13.2 Å². The summed E-state index contributed by atoms with van der Waals surface area (Å²) in [4.78, 5) is 12.2. The van der Waals surface area contributed by atoms with Gasteiger partial charge >= 0.3 is 0 Å². The van der Waals surface area contributed by atoms with Gasteiger partial charge in [-0.3, -0.25) is 4.79 Å². The molecule has 2 N–H and O–H groups in total. The highest BCUT2D eigenvalue weighted by molar-refractivity contribution is 7.89. The van der Waals surface area contributed by atoms with Crippen LogP contribution in [0.25, 0.3) is 0 Å². The van der Waals surface area contributed by atoms with Gasteiger partial charge in [0.2, 0.25) is 10.0 Å². The van der Waals surface area contributed by atoms with Gasteiger partial charge in [-0.1, -0.05) is 31.9 Å². The largest absolute Gasteiger partial charge is 0.497 e. The van der Waals surface area contributed by atoms with Crippen molar-refractivity contribution in [2.75, 3.05) is 13.7 Å². The van der Waals surface area contributed by atoms with Crippen LogP contribution in [-0.4, -0.2) is 28.0 Å². The lowest BCUT2D eigenvalue weighted by molar-refractivity contribution is 0.0953. The third-order valence-corrected chi connectivity index (χ3v) is 5.54. The summed E-state index contributed by atoms with van der Waals surface area (Å²) in [5, 5.41) is 2.83. The molecule has 2 aromatic carbocycles. The van der Waals surface area contributed by atoms with Crippen molar-refractivity contribution in [1.29, 1.82) is 0 Å². The Morgan fingerprint density at radius 3 is 2.26 bits per heavy atom. The lowest BCUT2D eigenvalue weighted by atomic mass is 10.2. The minimum absolute atomic E-state index is 0.124. The molecule has 0 bridgehead atoms. The van der Waals surface area contributed by atoms with Crippen LogP contribution < -0.4 is 14.8 Å². The number of nitrogens with one attached hydrogen (secondary N) is 2. The van der Waals surface area contributed by atoms with Gasteiger partial charge in [0.1, 0.15) is 5.75 Å². The van der Waals surface area contributed by atoms with Crippen molar-refractivity contribution >= 4 is 15.9 Å². The van der Waals surface area contributed by atoms with Crippen molar-refractivity contribution in [3.63, 3.8) is 0 Å². The zero-order valence-electron chi connectivity index (χ0n) is 15.7. The monoisotopic (exact) mass is 390 g/mol. The van der Waals surface area contributed by atoms with Crippen LogP contribution >= 0.6 is 0 Å². The van der Waals surface area contributed by atoms with Crippen molar-refractivity contribution in [3.8, 4) is 5.75 Å². The molecule has 0 aromatic heterocycles. The van der Waals surface area contributed by atoms with Gasteiger partial charge < -0.3 is 10.1 Å². The average Bonchev–Trinajstić information content (AvgIpc) is 2.70. The van der Waals surface area contributed by atoms with E-state index in [0.29, 0.717) is 17.9 Å². The Morgan fingerprint density at radius 2 is 1.67 bits per heavy atom. The number of benzene rings is 2. The third kappa shape index (κ3) is 6.37. The summed E-state index contributed by atoms with van der Waals surface area (Å²) in [5.74, 6) is 0.520. The first kappa shape index (κ1) is 20.9. The highest BCUT2D eigenvalue weighted by atomic mass is 32.2. The number of sulfonamides is 1.